The summed E-state index contributed by atoms with van der Waals surface area (Å²) in [6.45, 7) is 4.80. The number of anilines is 1. The fourth-order valence-corrected chi connectivity index (χ4v) is 4.82. The Balaban J connectivity index is 1.42. The predicted molar refractivity (Wildman–Crippen MR) is 133 cm³/mol. The van der Waals surface area contributed by atoms with Crippen molar-refractivity contribution in [2.24, 2.45) is 0 Å². The Bertz CT molecular complexity index is 1290. The van der Waals surface area contributed by atoms with Crippen LogP contribution in [0.4, 0.5) is 5.69 Å². The highest BCUT2D eigenvalue weighted by Gasteiger charge is 2.33. The first-order chi connectivity index (χ1) is 16.8. The van der Waals surface area contributed by atoms with Crippen LogP contribution in [0.3, 0.4) is 0 Å². The number of hydrogen-bond donors (Lipinski definition) is 0. The van der Waals surface area contributed by atoms with Gasteiger partial charge in [0.1, 0.15) is 12.4 Å². The number of thioether (sulfide) groups is 1. The van der Waals surface area contributed by atoms with Gasteiger partial charge >= 0.3 is 0 Å². The zero-order valence-electron chi connectivity index (χ0n) is 18.4. The molecule has 0 bridgehead atoms. The van der Waals surface area contributed by atoms with Crippen LogP contribution < -0.4 is 9.64 Å². The van der Waals surface area contributed by atoms with Crippen LogP contribution in [-0.4, -0.2) is 38.0 Å². The molecule has 1 atom stereocenters. The molecule has 0 saturated heterocycles. The van der Waals surface area contributed by atoms with Gasteiger partial charge in [0.15, 0.2) is 11.0 Å². The molecule has 3 heterocycles. The summed E-state index contributed by atoms with van der Waals surface area (Å²) in [6, 6.07) is 21.2. The first-order valence-corrected chi connectivity index (χ1v) is 11.9. The summed E-state index contributed by atoms with van der Waals surface area (Å²) in [6.07, 6.45) is 5.24. The van der Waals surface area contributed by atoms with Gasteiger partial charge in [-0.2, -0.15) is 0 Å². The number of pyridine rings is 1. The van der Waals surface area contributed by atoms with Gasteiger partial charge in [-0.15, -0.1) is 16.8 Å². The Labute approximate surface area is 202 Å². The normalized spacial score (nSPS) is 14.8. The number of fused-ring (bicyclic) bond motifs is 1. The minimum Gasteiger partial charge on any atom is -0.489 e. The highest BCUT2D eigenvalue weighted by Crippen LogP contribution is 2.40. The zero-order chi connectivity index (χ0) is 23.3. The summed E-state index contributed by atoms with van der Waals surface area (Å²) in [5.74, 6) is 1.62. The van der Waals surface area contributed by atoms with Gasteiger partial charge in [0.25, 0.3) is 0 Å². The molecule has 0 aliphatic carbocycles. The highest BCUT2D eigenvalue weighted by molar-refractivity contribution is 7.99. The lowest BCUT2D eigenvalue weighted by molar-refractivity contribution is -0.117. The topological polar surface area (TPSA) is 73.1 Å². The lowest BCUT2D eigenvalue weighted by Gasteiger charge is -2.37. The Hall–Kier alpha value is -3.91. The Morgan fingerprint density at radius 1 is 1.06 bits per heavy atom. The number of rotatable bonds is 7. The summed E-state index contributed by atoms with van der Waals surface area (Å²) >= 11 is 1.37. The maximum atomic E-state index is 13.6. The molecule has 1 aliphatic heterocycles. The average molecular weight is 470 g/mol. The van der Waals surface area contributed by atoms with E-state index in [0.717, 1.165) is 22.6 Å². The van der Waals surface area contributed by atoms with Gasteiger partial charge < -0.3 is 4.74 Å². The van der Waals surface area contributed by atoms with Crippen molar-refractivity contribution in [3.8, 4) is 17.1 Å². The zero-order valence-corrected chi connectivity index (χ0v) is 19.3. The lowest BCUT2D eigenvalue weighted by atomic mass is 10.0. The molecular formula is C26H23N5O2S. The smallest absolute Gasteiger partial charge is 0.238 e. The first-order valence-electron chi connectivity index (χ1n) is 10.9. The van der Waals surface area contributed by atoms with E-state index in [1.807, 2.05) is 76.2 Å². The molecule has 0 N–H and O–H groups in total. The van der Waals surface area contributed by atoms with Crippen LogP contribution in [0.15, 0.2) is 96.9 Å². The maximum absolute atomic E-state index is 13.6. The second-order valence-corrected chi connectivity index (χ2v) is 8.64. The molecule has 2 aromatic carbocycles. The fraction of sp³-hybridized carbons (Fsp3) is 0.154. The van der Waals surface area contributed by atoms with Crippen molar-refractivity contribution in [2.75, 3.05) is 17.3 Å². The number of aromatic nitrogens is 4. The van der Waals surface area contributed by atoms with E-state index in [0.29, 0.717) is 24.1 Å². The van der Waals surface area contributed by atoms with Gasteiger partial charge in [-0.1, -0.05) is 60.3 Å². The van der Waals surface area contributed by atoms with Crippen molar-refractivity contribution in [3.63, 3.8) is 0 Å². The minimum atomic E-state index is -0.206. The van der Waals surface area contributed by atoms with Crippen LogP contribution in [0.25, 0.3) is 11.4 Å². The van der Waals surface area contributed by atoms with E-state index in [9.17, 15) is 4.79 Å². The van der Waals surface area contributed by atoms with Gasteiger partial charge in [-0.3, -0.25) is 19.2 Å². The molecule has 2 aromatic heterocycles. The highest BCUT2D eigenvalue weighted by atomic mass is 32.2. The van der Waals surface area contributed by atoms with Gasteiger partial charge in [-0.25, -0.2) is 0 Å². The Morgan fingerprint density at radius 2 is 1.82 bits per heavy atom. The molecule has 0 fully saturated rings. The molecule has 0 spiro atoms. The molecular weight excluding hydrogens is 446 g/mol. The number of carbonyl (C=O) groups excluding carboxylic acids is 1. The fourth-order valence-electron chi connectivity index (χ4n) is 4.02. The largest absolute Gasteiger partial charge is 0.489 e. The lowest BCUT2D eigenvalue weighted by Crippen LogP contribution is -2.42. The molecule has 4 aromatic rings. The van der Waals surface area contributed by atoms with Crippen LogP contribution in [0, 0.1) is 0 Å². The summed E-state index contributed by atoms with van der Waals surface area (Å²) in [5.41, 5.74) is 2.72. The maximum Gasteiger partial charge on any atom is 0.238 e. The number of hydrogen-bond acceptors (Lipinski definition) is 6. The molecule has 8 heteroatoms. The van der Waals surface area contributed by atoms with E-state index < -0.39 is 0 Å². The average Bonchev–Trinajstić information content (AvgIpc) is 3.30. The Morgan fingerprint density at radius 3 is 2.62 bits per heavy atom. The number of amides is 1. The number of para-hydroxylation sites is 2. The van der Waals surface area contributed by atoms with Crippen LogP contribution in [-0.2, 0) is 11.3 Å². The van der Waals surface area contributed by atoms with Crippen molar-refractivity contribution in [1.82, 2.24) is 19.7 Å². The number of nitrogens with zero attached hydrogens (tertiary/aromatic N) is 5. The molecule has 170 valence electrons. The van der Waals surface area contributed by atoms with Crippen molar-refractivity contribution in [3.05, 3.63) is 97.3 Å². The van der Waals surface area contributed by atoms with Crippen molar-refractivity contribution >= 4 is 23.4 Å². The second kappa shape index (κ2) is 9.93. The molecule has 5 rings (SSSR count). The molecule has 0 radical (unpaired) electrons. The Kier molecular flexibility index (Phi) is 6.40. The number of ether oxygens (including phenoxy) is 1. The summed E-state index contributed by atoms with van der Waals surface area (Å²) in [4.78, 5) is 19.5. The van der Waals surface area contributed by atoms with Crippen LogP contribution in [0.1, 0.15) is 11.6 Å². The van der Waals surface area contributed by atoms with Crippen molar-refractivity contribution in [2.45, 2.75) is 17.7 Å². The van der Waals surface area contributed by atoms with Crippen LogP contribution in [0.2, 0.25) is 0 Å². The van der Waals surface area contributed by atoms with Gasteiger partial charge in [-0.05, 0) is 29.8 Å². The first kappa shape index (κ1) is 21.9. The third-order valence-corrected chi connectivity index (χ3v) is 6.53. The van der Waals surface area contributed by atoms with Crippen molar-refractivity contribution < 1.29 is 9.53 Å². The predicted octanol–water partition coefficient (Wildman–Crippen LogP) is 4.79. The van der Waals surface area contributed by atoms with E-state index in [1.165, 1.54) is 11.8 Å². The van der Waals surface area contributed by atoms with Crippen LogP contribution >= 0.6 is 11.8 Å². The quantitative estimate of drug-likeness (QED) is 0.286. The van der Waals surface area contributed by atoms with Gasteiger partial charge in [0, 0.05) is 24.5 Å². The van der Waals surface area contributed by atoms with E-state index >= 15 is 0 Å². The molecule has 1 aliphatic rings. The molecule has 34 heavy (non-hydrogen) atoms. The summed E-state index contributed by atoms with van der Waals surface area (Å²) in [7, 11) is 0. The summed E-state index contributed by atoms with van der Waals surface area (Å²) in [5, 5.41) is 9.39. The SMILES string of the molecule is C=CCn1c(SCC(=O)N2c3ccccc3OCC2c2ccccc2)nnc1-c1ccncc1. The number of allylic oxidation sites excluding steroid dienone is 1. The van der Waals surface area contributed by atoms with E-state index in [1.54, 1.807) is 18.5 Å². The van der Waals surface area contributed by atoms with Gasteiger partial charge in [0.05, 0.1) is 17.5 Å². The molecule has 1 amide bonds. The third-order valence-electron chi connectivity index (χ3n) is 5.58. The number of carbonyl (C=O) groups is 1. The van der Waals surface area contributed by atoms with Crippen molar-refractivity contribution in [1.29, 1.82) is 0 Å². The monoisotopic (exact) mass is 469 g/mol. The van der Waals surface area contributed by atoms with E-state index in [-0.39, 0.29) is 17.7 Å². The molecule has 1 unspecified atom stereocenters. The second-order valence-electron chi connectivity index (χ2n) is 7.70. The summed E-state index contributed by atoms with van der Waals surface area (Å²) < 4.78 is 7.95. The molecule has 0 saturated carbocycles. The van der Waals surface area contributed by atoms with Crippen LogP contribution in [0.5, 0.6) is 5.75 Å². The van der Waals surface area contributed by atoms with Gasteiger partial charge in [0.2, 0.25) is 5.91 Å². The molecule has 7 nitrogen and oxygen atoms in total. The number of benzene rings is 2. The van der Waals surface area contributed by atoms with E-state index in [2.05, 4.69) is 21.8 Å². The van der Waals surface area contributed by atoms with E-state index in [4.69, 9.17) is 4.74 Å². The third kappa shape index (κ3) is 4.32. The standard InChI is InChI=1S/C26H23N5O2S/c1-2-16-30-25(20-12-14-27-15-13-20)28-29-26(30)34-18-24(32)31-21-10-6-7-11-23(21)33-17-22(31)19-8-4-3-5-9-19/h2-15,22H,1,16-18H2. The minimum absolute atomic E-state index is 0.0202.